The fourth-order valence-electron chi connectivity index (χ4n) is 0.796. The molecule has 0 amide bonds. The average Bonchev–Trinajstić information content (AvgIpc) is 2.03. The average molecular weight is 193 g/mol. The number of hydrogen-bond acceptors (Lipinski definition) is 3. The second kappa shape index (κ2) is 6.57. The molecule has 0 bridgehead atoms. The highest BCUT2D eigenvalue weighted by Crippen LogP contribution is 1.99. The summed E-state index contributed by atoms with van der Waals surface area (Å²) in [7, 11) is -0.808. The molecular weight excluding hydrogens is 174 g/mol. The van der Waals surface area contributed by atoms with Gasteiger partial charge in [-0.05, 0) is 6.92 Å². The van der Waals surface area contributed by atoms with Crippen LogP contribution in [0.2, 0.25) is 0 Å². The molecule has 0 aliphatic carbocycles. The van der Waals surface area contributed by atoms with Crippen molar-refractivity contribution in [1.29, 1.82) is 0 Å². The summed E-state index contributed by atoms with van der Waals surface area (Å²) in [6.07, 6.45) is -0.0433. The number of nitrogens with two attached hydrogens (primary N) is 1. The highest BCUT2D eigenvalue weighted by molar-refractivity contribution is 7.85. The topological polar surface area (TPSA) is 52.3 Å². The Kier molecular flexibility index (Phi) is 6.61. The van der Waals surface area contributed by atoms with Crippen LogP contribution in [-0.2, 0) is 15.5 Å². The van der Waals surface area contributed by atoms with Gasteiger partial charge in [-0.25, -0.2) is 0 Å². The maximum Gasteiger partial charge on any atom is 0.0812 e. The maximum absolute atomic E-state index is 11.4. The van der Waals surface area contributed by atoms with Crippen LogP contribution >= 0.6 is 0 Å². The van der Waals surface area contributed by atoms with Crippen molar-refractivity contribution in [1.82, 2.24) is 0 Å². The van der Waals surface area contributed by atoms with Crippen LogP contribution in [0.3, 0.4) is 0 Å². The van der Waals surface area contributed by atoms with E-state index in [-0.39, 0.29) is 11.4 Å². The lowest BCUT2D eigenvalue weighted by molar-refractivity contribution is 0.0852. The first kappa shape index (κ1) is 12.1. The summed E-state index contributed by atoms with van der Waals surface area (Å²) < 4.78 is 16.7. The Labute approximate surface area is 77.1 Å². The molecule has 0 aromatic heterocycles. The molecular formula is C8H19NO2S. The van der Waals surface area contributed by atoms with Crippen LogP contribution < -0.4 is 5.73 Å². The number of rotatable bonds is 6. The van der Waals surface area contributed by atoms with E-state index < -0.39 is 10.8 Å². The third kappa shape index (κ3) is 4.85. The third-order valence-corrected chi connectivity index (χ3v) is 3.29. The van der Waals surface area contributed by atoms with Crippen LogP contribution in [-0.4, -0.2) is 34.5 Å². The second-order valence-corrected chi connectivity index (χ2v) is 4.95. The van der Waals surface area contributed by atoms with E-state index in [0.29, 0.717) is 18.9 Å². The smallest absolute Gasteiger partial charge is 0.0812 e. The second-order valence-electron chi connectivity index (χ2n) is 2.91. The van der Waals surface area contributed by atoms with E-state index >= 15 is 0 Å². The summed E-state index contributed by atoms with van der Waals surface area (Å²) in [5.41, 5.74) is 5.45. The fourth-order valence-corrected chi connectivity index (χ4v) is 1.78. The number of ether oxygens (including phenoxy) is 1. The monoisotopic (exact) mass is 193 g/mol. The summed E-state index contributed by atoms with van der Waals surface area (Å²) in [5, 5.41) is 0.194. The molecule has 12 heavy (non-hydrogen) atoms. The summed E-state index contributed by atoms with van der Waals surface area (Å²) in [6, 6.07) is 0. The van der Waals surface area contributed by atoms with Gasteiger partial charge in [-0.1, -0.05) is 13.8 Å². The van der Waals surface area contributed by atoms with Crippen LogP contribution in [0.15, 0.2) is 0 Å². The Morgan fingerprint density at radius 1 is 1.50 bits per heavy atom. The first-order valence-electron chi connectivity index (χ1n) is 4.30. The zero-order valence-corrected chi connectivity index (χ0v) is 8.89. The van der Waals surface area contributed by atoms with E-state index in [2.05, 4.69) is 0 Å². The van der Waals surface area contributed by atoms with Crippen molar-refractivity contribution in [3.63, 3.8) is 0 Å². The maximum atomic E-state index is 11.4. The third-order valence-electron chi connectivity index (χ3n) is 1.54. The zero-order chi connectivity index (χ0) is 9.56. The molecule has 0 saturated heterocycles. The van der Waals surface area contributed by atoms with Crippen LogP contribution in [0.1, 0.15) is 20.8 Å². The van der Waals surface area contributed by atoms with Crippen molar-refractivity contribution < 1.29 is 8.95 Å². The lowest BCUT2D eigenvalue weighted by atomic mass is 10.4. The molecule has 0 fully saturated rings. The first-order valence-corrected chi connectivity index (χ1v) is 5.68. The van der Waals surface area contributed by atoms with Crippen molar-refractivity contribution >= 4 is 10.8 Å². The van der Waals surface area contributed by atoms with Gasteiger partial charge in [0, 0.05) is 29.2 Å². The molecule has 0 heterocycles. The fraction of sp³-hybridized carbons (Fsp3) is 1.00. The van der Waals surface area contributed by atoms with Gasteiger partial charge in [-0.15, -0.1) is 0 Å². The van der Waals surface area contributed by atoms with Crippen LogP contribution in [0, 0.1) is 0 Å². The molecule has 0 spiro atoms. The van der Waals surface area contributed by atoms with Gasteiger partial charge in [0.15, 0.2) is 0 Å². The van der Waals surface area contributed by atoms with Gasteiger partial charge in [-0.2, -0.15) is 0 Å². The van der Waals surface area contributed by atoms with Gasteiger partial charge in [0.25, 0.3) is 0 Å². The molecule has 0 saturated carbocycles. The molecule has 2 atom stereocenters. The molecule has 2 N–H and O–H groups in total. The van der Waals surface area contributed by atoms with Crippen molar-refractivity contribution in [3.8, 4) is 0 Å². The SMILES string of the molecule is CCOC(CN)CS(=O)C(C)C. The van der Waals surface area contributed by atoms with E-state index in [1.54, 1.807) is 0 Å². The van der Waals surface area contributed by atoms with E-state index in [0.717, 1.165) is 0 Å². The van der Waals surface area contributed by atoms with E-state index in [9.17, 15) is 4.21 Å². The molecule has 0 aliphatic rings. The number of hydrogen-bond donors (Lipinski definition) is 1. The van der Waals surface area contributed by atoms with E-state index in [4.69, 9.17) is 10.5 Å². The predicted octanol–water partition coefficient (Wildman–Crippen LogP) is 0.507. The molecule has 0 aromatic carbocycles. The molecule has 4 heteroatoms. The Bertz CT molecular complexity index is 139. The Morgan fingerprint density at radius 2 is 2.08 bits per heavy atom. The standard InChI is InChI=1S/C8H19NO2S/c1-4-11-8(5-9)6-12(10)7(2)3/h7-8H,4-6,9H2,1-3H3. The van der Waals surface area contributed by atoms with Crippen LogP contribution in [0.4, 0.5) is 0 Å². The summed E-state index contributed by atoms with van der Waals surface area (Å²) in [4.78, 5) is 0. The molecule has 0 aliphatic heterocycles. The Hall–Kier alpha value is 0.0700. The normalized spacial score (nSPS) is 16.4. The van der Waals surface area contributed by atoms with Crippen molar-refractivity contribution in [3.05, 3.63) is 0 Å². The van der Waals surface area contributed by atoms with Gasteiger partial charge in [-0.3, -0.25) is 4.21 Å². The van der Waals surface area contributed by atoms with Crippen molar-refractivity contribution in [2.24, 2.45) is 5.73 Å². The van der Waals surface area contributed by atoms with Crippen molar-refractivity contribution in [2.45, 2.75) is 32.1 Å². The highest BCUT2D eigenvalue weighted by atomic mass is 32.2. The lowest BCUT2D eigenvalue weighted by Crippen LogP contribution is -2.31. The Morgan fingerprint density at radius 3 is 2.42 bits per heavy atom. The largest absolute Gasteiger partial charge is 0.376 e. The highest BCUT2D eigenvalue weighted by Gasteiger charge is 2.13. The van der Waals surface area contributed by atoms with Crippen molar-refractivity contribution in [2.75, 3.05) is 18.9 Å². The molecule has 0 rings (SSSR count). The van der Waals surface area contributed by atoms with Gasteiger partial charge in [0.05, 0.1) is 11.9 Å². The molecule has 0 radical (unpaired) electrons. The summed E-state index contributed by atoms with van der Waals surface area (Å²) in [6.45, 7) is 6.88. The summed E-state index contributed by atoms with van der Waals surface area (Å²) in [5.74, 6) is 0.558. The molecule has 74 valence electrons. The lowest BCUT2D eigenvalue weighted by Gasteiger charge is -2.15. The summed E-state index contributed by atoms with van der Waals surface area (Å²) >= 11 is 0. The van der Waals surface area contributed by atoms with Gasteiger partial charge in [0.2, 0.25) is 0 Å². The van der Waals surface area contributed by atoms with Gasteiger partial charge < -0.3 is 10.5 Å². The molecule has 0 aromatic rings. The quantitative estimate of drug-likeness (QED) is 0.668. The minimum absolute atomic E-state index is 0.0433. The molecule has 3 nitrogen and oxygen atoms in total. The first-order chi connectivity index (χ1) is 5.61. The zero-order valence-electron chi connectivity index (χ0n) is 8.08. The minimum atomic E-state index is -0.808. The predicted molar refractivity (Wildman–Crippen MR) is 52.6 cm³/mol. The Balaban J connectivity index is 3.77. The van der Waals surface area contributed by atoms with E-state index in [1.165, 1.54) is 0 Å². The van der Waals surface area contributed by atoms with Gasteiger partial charge >= 0.3 is 0 Å². The molecule has 2 unspecified atom stereocenters. The van der Waals surface area contributed by atoms with Gasteiger partial charge in [0.1, 0.15) is 0 Å². The van der Waals surface area contributed by atoms with E-state index in [1.807, 2.05) is 20.8 Å². The van der Waals surface area contributed by atoms with Crippen LogP contribution in [0.5, 0.6) is 0 Å². The van der Waals surface area contributed by atoms with Crippen LogP contribution in [0.25, 0.3) is 0 Å². The minimum Gasteiger partial charge on any atom is -0.376 e.